The third kappa shape index (κ3) is 4.93. The van der Waals surface area contributed by atoms with E-state index in [1.165, 1.54) is 11.0 Å². The largest absolute Gasteiger partial charge is 0.417 e. The molecule has 2 atom stereocenters. The average molecular weight is 432 g/mol. The second-order valence-electron chi connectivity index (χ2n) is 7.55. The number of halogens is 3. The Morgan fingerprint density at radius 3 is 2.48 bits per heavy atom. The molecular weight excluding hydrogens is 409 g/mol. The van der Waals surface area contributed by atoms with Crippen molar-refractivity contribution in [3.63, 3.8) is 0 Å². The molecule has 9 heteroatoms. The molecule has 0 aliphatic heterocycles. The van der Waals surface area contributed by atoms with Gasteiger partial charge in [0.05, 0.1) is 35.5 Å². The predicted octanol–water partition coefficient (Wildman–Crippen LogP) is 3.95. The molecule has 3 rings (SSSR count). The van der Waals surface area contributed by atoms with E-state index in [-0.39, 0.29) is 18.1 Å². The fourth-order valence-electron chi connectivity index (χ4n) is 3.12. The van der Waals surface area contributed by atoms with Gasteiger partial charge >= 0.3 is 6.18 Å². The Bertz CT molecular complexity index is 1100. The minimum absolute atomic E-state index is 0.0555. The second kappa shape index (κ2) is 8.50. The van der Waals surface area contributed by atoms with Crippen LogP contribution in [0.1, 0.15) is 41.0 Å². The summed E-state index contributed by atoms with van der Waals surface area (Å²) >= 11 is 0. The number of nitrogens with two attached hydrogens (primary N) is 1. The molecule has 3 aromatic rings. The van der Waals surface area contributed by atoms with E-state index in [1.807, 2.05) is 13.0 Å². The number of hydrogen-bond acceptors (Lipinski definition) is 5. The number of anilines is 1. The van der Waals surface area contributed by atoms with Crippen LogP contribution in [0.2, 0.25) is 0 Å². The summed E-state index contributed by atoms with van der Waals surface area (Å²) in [4.78, 5) is 22.8. The molecule has 2 aromatic heterocycles. The summed E-state index contributed by atoms with van der Waals surface area (Å²) in [6.45, 7) is 4.97. The van der Waals surface area contributed by atoms with Crippen molar-refractivity contribution < 1.29 is 23.1 Å². The van der Waals surface area contributed by atoms with E-state index < -0.39 is 23.9 Å². The quantitative estimate of drug-likeness (QED) is 0.637. The zero-order valence-corrected chi connectivity index (χ0v) is 17.3. The number of carbonyl (C=O) groups is 1. The molecule has 0 fully saturated rings. The fraction of sp³-hybridized carbons (Fsp3) is 0.318. The van der Waals surface area contributed by atoms with Gasteiger partial charge in [0.25, 0.3) is 5.91 Å². The molecule has 0 saturated carbocycles. The van der Waals surface area contributed by atoms with Crippen molar-refractivity contribution in [2.75, 3.05) is 5.73 Å². The van der Waals surface area contributed by atoms with Crippen LogP contribution >= 0.6 is 0 Å². The number of nitrogen functional groups attached to an aromatic ring is 1. The summed E-state index contributed by atoms with van der Waals surface area (Å²) in [5.74, 6) is 0.0239. The van der Waals surface area contributed by atoms with E-state index in [0.29, 0.717) is 16.9 Å². The van der Waals surface area contributed by atoms with Gasteiger partial charge in [0.1, 0.15) is 5.82 Å². The van der Waals surface area contributed by atoms with Crippen LogP contribution in [0, 0.1) is 6.92 Å². The highest BCUT2D eigenvalue weighted by Gasteiger charge is 2.31. The van der Waals surface area contributed by atoms with Gasteiger partial charge in [0.2, 0.25) is 0 Å². The predicted molar refractivity (Wildman–Crippen MR) is 111 cm³/mol. The number of nitrogens with zero attached hydrogens (tertiary/aromatic N) is 3. The summed E-state index contributed by atoms with van der Waals surface area (Å²) in [5.41, 5.74) is 7.02. The molecule has 1 amide bonds. The van der Waals surface area contributed by atoms with Crippen LogP contribution in [0.15, 0.2) is 42.6 Å². The van der Waals surface area contributed by atoms with Gasteiger partial charge in [0, 0.05) is 17.1 Å². The summed E-state index contributed by atoms with van der Waals surface area (Å²) in [5, 5.41) is 10.8. The molecule has 0 aliphatic carbocycles. The molecule has 2 heterocycles. The highest BCUT2D eigenvalue weighted by molar-refractivity contribution is 5.98. The molecule has 31 heavy (non-hydrogen) atoms. The number of alkyl halides is 3. The van der Waals surface area contributed by atoms with E-state index in [2.05, 4.69) is 9.97 Å². The van der Waals surface area contributed by atoms with Crippen molar-refractivity contribution in [1.82, 2.24) is 14.9 Å². The normalized spacial score (nSPS) is 13.8. The molecule has 0 bridgehead atoms. The molecule has 164 valence electrons. The lowest BCUT2D eigenvalue weighted by Crippen LogP contribution is -2.44. The van der Waals surface area contributed by atoms with Crippen LogP contribution < -0.4 is 5.73 Å². The number of fused-ring (bicyclic) bond motifs is 1. The third-order valence-corrected chi connectivity index (χ3v) is 5.23. The highest BCUT2D eigenvalue weighted by atomic mass is 19.4. The maximum atomic E-state index is 13.3. The van der Waals surface area contributed by atoms with Gasteiger partial charge in [-0.15, -0.1) is 0 Å². The maximum Gasteiger partial charge on any atom is 0.417 e. The zero-order chi connectivity index (χ0) is 22.9. The van der Waals surface area contributed by atoms with Crippen molar-refractivity contribution >= 4 is 22.6 Å². The van der Waals surface area contributed by atoms with Gasteiger partial charge in [-0.25, -0.2) is 4.98 Å². The van der Waals surface area contributed by atoms with Gasteiger partial charge in [-0.1, -0.05) is 0 Å². The van der Waals surface area contributed by atoms with E-state index in [1.54, 1.807) is 32.0 Å². The van der Waals surface area contributed by atoms with Gasteiger partial charge in [-0.05, 0) is 62.7 Å². The Hall–Kier alpha value is -3.20. The van der Waals surface area contributed by atoms with Crippen LogP contribution in [-0.4, -0.2) is 38.0 Å². The van der Waals surface area contributed by atoms with Crippen LogP contribution in [-0.2, 0) is 12.7 Å². The number of benzene rings is 1. The first-order valence-corrected chi connectivity index (χ1v) is 9.65. The van der Waals surface area contributed by atoms with Crippen molar-refractivity contribution in [3.05, 3.63) is 65.0 Å². The van der Waals surface area contributed by atoms with E-state index >= 15 is 0 Å². The molecule has 0 unspecified atom stereocenters. The number of aliphatic hydroxyl groups excluding tert-OH is 1. The van der Waals surface area contributed by atoms with Crippen LogP contribution in [0.25, 0.3) is 10.9 Å². The van der Waals surface area contributed by atoms with Crippen molar-refractivity contribution in [2.45, 2.75) is 45.6 Å². The molecule has 3 N–H and O–H groups in total. The Labute approximate surface area is 177 Å². The lowest BCUT2D eigenvalue weighted by atomic mass is 10.1. The maximum absolute atomic E-state index is 13.3. The zero-order valence-electron chi connectivity index (χ0n) is 17.3. The molecular formula is C22H23F3N4O2. The first kappa shape index (κ1) is 22.5. The summed E-state index contributed by atoms with van der Waals surface area (Å²) in [6.07, 6.45) is -4.61. The van der Waals surface area contributed by atoms with Crippen molar-refractivity contribution in [1.29, 1.82) is 0 Å². The van der Waals surface area contributed by atoms with E-state index in [4.69, 9.17) is 5.73 Å². The SMILES string of the molecule is Cc1cc2cc(C(=O)N(Cc3ccc(C(F)(F)F)cn3)[C@H](C)[C@@H](C)O)ccc2nc1N. The van der Waals surface area contributed by atoms with E-state index in [0.717, 1.165) is 23.2 Å². The summed E-state index contributed by atoms with van der Waals surface area (Å²) < 4.78 is 38.4. The topological polar surface area (TPSA) is 92.3 Å². The number of hydrogen-bond donors (Lipinski definition) is 2. The minimum atomic E-state index is -4.49. The van der Waals surface area contributed by atoms with Crippen molar-refractivity contribution in [3.8, 4) is 0 Å². The van der Waals surface area contributed by atoms with Gasteiger partial charge in [-0.3, -0.25) is 9.78 Å². The first-order valence-electron chi connectivity index (χ1n) is 9.65. The standard InChI is InChI=1S/C22H23F3N4O2/c1-12-8-16-9-15(4-7-19(16)28-20(12)26)21(31)29(13(2)14(3)30)11-18-6-5-17(10-27-18)22(23,24)25/h4-10,13-14,30H,11H2,1-3H3,(H2,26,28)/t13-,14-/m1/s1. The Morgan fingerprint density at radius 1 is 1.19 bits per heavy atom. The number of carbonyl (C=O) groups excluding carboxylic acids is 1. The molecule has 0 aliphatic rings. The first-order chi connectivity index (χ1) is 14.5. The molecule has 0 spiro atoms. The van der Waals surface area contributed by atoms with Crippen molar-refractivity contribution in [2.24, 2.45) is 0 Å². The number of aryl methyl sites for hydroxylation is 1. The lowest BCUT2D eigenvalue weighted by molar-refractivity contribution is -0.137. The molecule has 0 radical (unpaired) electrons. The number of rotatable bonds is 5. The summed E-state index contributed by atoms with van der Waals surface area (Å²) in [6, 6.07) is 8.35. The fourth-order valence-corrected chi connectivity index (χ4v) is 3.12. The average Bonchev–Trinajstić information content (AvgIpc) is 2.71. The van der Waals surface area contributed by atoms with Gasteiger partial charge in [-0.2, -0.15) is 13.2 Å². The molecule has 6 nitrogen and oxygen atoms in total. The monoisotopic (exact) mass is 432 g/mol. The van der Waals surface area contributed by atoms with Crippen LogP contribution in [0.4, 0.5) is 19.0 Å². The Balaban J connectivity index is 1.94. The number of amides is 1. The number of aliphatic hydroxyl groups is 1. The number of aromatic nitrogens is 2. The smallest absolute Gasteiger partial charge is 0.391 e. The van der Waals surface area contributed by atoms with Crippen LogP contribution in [0.3, 0.4) is 0 Å². The van der Waals surface area contributed by atoms with Gasteiger partial charge in [0.15, 0.2) is 0 Å². The molecule has 0 saturated heterocycles. The summed E-state index contributed by atoms with van der Waals surface area (Å²) in [7, 11) is 0. The third-order valence-electron chi connectivity index (χ3n) is 5.23. The lowest BCUT2D eigenvalue weighted by Gasteiger charge is -2.31. The van der Waals surface area contributed by atoms with E-state index in [9.17, 15) is 23.1 Å². The number of pyridine rings is 2. The minimum Gasteiger partial charge on any atom is -0.391 e. The Kier molecular flexibility index (Phi) is 6.17. The Morgan fingerprint density at radius 2 is 1.90 bits per heavy atom. The second-order valence-corrected chi connectivity index (χ2v) is 7.55. The molecule has 1 aromatic carbocycles. The van der Waals surface area contributed by atoms with Crippen LogP contribution in [0.5, 0.6) is 0 Å². The highest BCUT2D eigenvalue weighted by Crippen LogP contribution is 2.29. The van der Waals surface area contributed by atoms with Gasteiger partial charge < -0.3 is 15.7 Å².